The lowest BCUT2D eigenvalue weighted by Crippen LogP contribution is -2.11. The highest BCUT2D eigenvalue weighted by Gasteiger charge is 2.16. The van der Waals surface area contributed by atoms with Crippen LogP contribution in [0.4, 0.5) is 5.69 Å². The first-order valence-electron chi connectivity index (χ1n) is 6.17. The van der Waals surface area contributed by atoms with Gasteiger partial charge in [-0.25, -0.2) is 8.42 Å². The average Bonchev–Trinajstić information content (AvgIpc) is 2.91. The molecule has 20 heavy (non-hydrogen) atoms. The number of hydrogen-bond acceptors (Lipinski definition) is 4. The molecule has 104 valence electrons. The van der Waals surface area contributed by atoms with Crippen molar-refractivity contribution in [3.63, 3.8) is 0 Å². The Morgan fingerprint density at radius 2 is 1.90 bits per heavy atom. The van der Waals surface area contributed by atoms with Crippen molar-refractivity contribution in [2.24, 2.45) is 0 Å². The van der Waals surface area contributed by atoms with Gasteiger partial charge < -0.3 is 0 Å². The van der Waals surface area contributed by atoms with Crippen molar-refractivity contribution in [2.45, 2.75) is 24.0 Å². The summed E-state index contributed by atoms with van der Waals surface area (Å²) in [5, 5.41) is 8.73. The standard InChI is InChI=1S/C14H14N2O2S2/c1-2-3-11-4-6-12(7-5-11)16-20(17,18)14-9-8-13(10-15)19-14/h4-9,16H,2-3H2,1H3. The van der Waals surface area contributed by atoms with Crippen LogP contribution < -0.4 is 4.72 Å². The summed E-state index contributed by atoms with van der Waals surface area (Å²) in [4.78, 5) is 0.378. The van der Waals surface area contributed by atoms with Crippen LogP contribution in [0.15, 0.2) is 40.6 Å². The third-order valence-electron chi connectivity index (χ3n) is 2.70. The van der Waals surface area contributed by atoms with Crippen LogP contribution in [0, 0.1) is 11.3 Å². The lowest BCUT2D eigenvalue weighted by atomic mass is 10.1. The summed E-state index contributed by atoms with van der Waals surface area (Å²) in [6.07, 6.45) is 2.03. The zero-order chi connectivity index (χ0) is 14.6. The van der Waals surface area contributed by atoms with E-state index in [-0.39, 0.29) is 4.21 Å². The molecule has 0 aliphatic rings. The van der Waals surface area contributed by atoms with Gasteiger partial charge in [0, 0.05) is 5.69 Å². The fraction of sp³-hybridized carbons (Fsp3) is 0.214. The van der Waals surface area contributed by atoms with Crippen LogP contribution >= 0.6 is 11.3 Å². The van der Waals surface area contributed by atoms with E-state index in [0.717, 1.165) is 24.2 Å². The molecule has 1 N–H and O–H groups in total. The molecule has 4 nitrogen and oxygen atoms in total. The Hall–Kier alpha value is -1.84. The van der Waals surface area contributed by atoms with Crippen molar-refractivity contribution in [1.82, 2.24) is 0 Å². The maximum absolute atomic E-state index is 12.1. The molecule has 0 bridgehead atoms. The molecule has 2 rings (SSSR count). The van der Waals surface area contributed by atoms with Gasteiger partial charge in [-0.3, -0.25) is 4.72 Å². The number of nitrogens with one attached hydrogen (secondary N) is 1. The van der Waals surface area contributed by atoms with Crippen molar-refractivity contribution in [3.8, 4) is 6.07 Å². The predicted octanol–water partition coefficient (Wildman–Crippen LogP) is 3.37. The van der Waals surface area contributed by atoms with E-state index < -0.39 is 10.0 Å². The van der Waals surface area contributed by atoms with Crippen LogP contribution in [0.25, 0.3) is 0 Å². The van der Waals surface area contributed by atoms with E-state index in [1.807, 2.05) is 18.2 Å². The molecular weight excluding hydrogens is 292 g/mol. The topological polar surface area (TPSA) is 70.0 Å². The SMILES string of the molecule is CCCc1ccc(NS(=O)(=O)c2ccc(C#N)s2)cc1. The molecule has 0 aliphatic heterocycles. The summed E-state index contributed by atoms with van der Waals surface area (Å²) in [6.45, 7) is 2.10. The second kappa shape index (κ2) is 6.07. The van der Waals surface area contributed by atoms with Crippen LogP contribution in [0.2, 0.25) is 0 Å². The summed E-state index contributed by atoms with van der Waals surface area (Å²) >= 11 is 0.959. The van der Waals surface area contributed by atoms with Crippen LogP contribution in [-0.2, 0) is 16.4 Å². The number of rotatable bonds is 5. The summed E-state index contributed by atoms with van der Waals surface area (Å²) in [5.41, 5.74) is 1.70. The van der Waals surface area contributed by atoms with E-state index in [1.165, 1.54) is 17.7 Å². The Morgan fingerprint density at radius 1 is 1.20 bits per heavy atom. The number of nitrogens with zero attached hydrogens (tertiary/aromatic N) is 1. The van der Waals surface area contributed by atoms with E-state index in [0.29, 0.717) is 10.6 Å². The molecular formula is C14H14N2O2S2. The zero-order valence-electron chi connectivity index (χ0n) is 11.0. The molecule has 6 heteroatoms. The van der Waals surface area contributed by atoms with E-state index in [2.05, 4.69) is 11.6 Å². The van der Waals surface area contributed by atoms with Crippen molar-refractivity contribution >= 4 is 27.0 Å². The monoisotopic (exact) mass is 306 g/mol. The van der Waals surface area contributed by atoms with Gasteiger partial charge in [-0.05, 0) is 36.2 Å². The maximum Gasteiger partial charge on any atom is 0.271 e. The molecule has 0 fully saturated rings. The lowest BCUT2D eigenvalue weighted by Gasteiger charge is -2.07. The third kappa shape index (κ3) is 3.38. The van der Waals surface area contributed by atoms with Crippen LogP contribution in [0.3, 0.4) is 0 Å². The van der Waals surface area contributed by atoms with Gasteiger partial charge in [-0.2, -0.15) is 5.26 Å². The molecule has 0 atom stereocenters. The van der Waals surface area contributed by atoms with Gasteiger partial charge in [0.2, 0.25) is 0 Å². The third-order valence-corrected chi connectivity index (χ3v) is 5.56. The zero-order valence-corrected chi connectivity index (χ0v) is 12.6. The highest BCUT2D eigenvalue weighted by atomic mass is 32.2. The largest absolute Gasteiger partial charge is 0.279 e. The molecule has 0 aliphatic carbocycles. The maximum atomic E-state index is 12.1. The molecule has 0 radical (unpaired) electrons. The minimum absolute atomic E-state index is 0.145. The molecule has 2 aromatic rings. The number of anilines is 1. The number of hydrogen-bond donors (Lipinski definition) is 1. The number of thiophene rings is 1. The van der Waals surface area contributed by atoms with Crippen molar-refractivity contribution in [2.75, 3.05) is 4.72 Å². The van der Waals surface area contributed by atoms with E-state index >= 15 is 0 Å². The Morgan fingerprint density at radius 3 is 2.45 bits per heavy atom. The Balaban J connectivity index is 2.17. The van der Waals surface area contributed by atoms with E-state index in [1.54, 1.807) is 12.1 Å². The quantitative estimate of drug-likeness (QED) is 0.920. The number of sulfonamides is 1. The van der Waals surface area contributed by atoms with Gasteiger partial charge in [0.1, 0.15) is 15.2 Å². The second-order valence-corrected chi connectivity index (χ2v) is 7.28. The molecule has 0 unspecified atom stereocenters. The minimum atomic E-state index is -3.61. The number of nitriles is 1. The van der Waals surface area contributed by atoms with Crippen molar-refractivity contribution < 1.29 is 8.42 Å². The van der Waals surface area contributed by atoms with E-state index in [9.17, 15) is 8.42 Å². The van der Waals surface area contributed by atoms with Gasteiger partial charge in [-0.15, -0.1) is 11.3 Å². The highest BCUT2D eigenvalue weighted by molar-refractivity contribution is 7.94. The molecule has 0 amide bonds. The predicted molar refractivity (Wildman–Crippen MR) is 80.3 cm³/mol. The van der Waals surface area contributed by atoms with Gasteiger partial charge in [0.05, 0.1) is 0 Å². The fourth-order valence-corrected chi connectivity index (χ4v) is 3.92. The molecule has 0 saturated carbocycles. The number of aryl methyl sites for hydroxylation is 1. The van der Waals surface area contributed by atoms with Crippen molar-refractivity contribution in [1.29, 1.82) is 5.26 Å². The molecule has 0 spiro atoms. The lowest BCUT2D eigenvalue weighted by molar-refractivity contribution is 0.603. The normalized spacial score (nSPS) is 11.0. The second-order valence-electron chi connectivity index (χ2n) is 4.28. The Labute approximate surface area is 122 Å². The summed E-state index contributed by atoms with van der Waals surface area (Å²) in [5.74, 6) is 0. The van der Waals surface area contributed by atoms with Gasteiger partial charge in [0.25, 0.3) is 10.0 Å². The van der Waals surface area contributed by atoms with Crippen LogP contribution in [0.1, 0.15) is 23.8 Å². The van der Waals surface area contributed by atoms with Gasteiger partial charge in [-0.1, -0.05) is 25.5 Å². The number of benzene rings is 1. The average molecular weight is 306 g/mol. The summed E-state index contributed by atoms with van der Waals surface area (Å²) < 4.78 is 26.9. The molecule has 1 aromatic carbocycles. The van der Waals surface area contributed by atoms with Gasteiger partial charge >= 0.3 is 0 Å². The molecule has 1 heterocycles. The fourth-order valence-electron chi connectivity index (χ4n) is 1.76. The summed E-state index contributed by atoms with van der Waals surface area (Å²) in [7, 11) is -3.61. The Bertz CT molecular complexity index is 725. The first-order chi connectivity index (χ1) is 9.55. The van der Waals surface area contributed by atoms with E-state index in [4.69, 9.17) is 5.26 Å². The Kier molecular flexibility index (Phi) is 4.42. The summed E-state index contributed by atoms with van der Waals surface area (Å²) in [6, 6.07) is 12.2. The first-order valence-corrected chi connectivity index (χ1v) is 8.47. The van der Waals surface area contributed by atoms with Crippen LogP contribution in [0.5, 0.6) is 0 Å². The minimum Gasteiger partial charge on any atom is -0.279 e. The highest BCUT2D eigenvalue weighted by Crippen LogP contribution is 2.23. The van der Waals surface area contributed by atoms with Crippen molar-refractivity contribution in [3.05, 3.63) is 46.8 Å². The van der Waals surface area contributed by atoms with Crippen LogP contribution in [-0.4, -0.2) is 8.42 Å². The first kappa shape index (κ1) is 14.6. The molecule has 0 saturated heterocycles. The molecule has 1 aromatic heterocycles. The smallest absolute Gasteiger partial charge is 0.271 e. The van der Waals surface area contributed by atoms with Gasteiger partial charge in [0.15, 0.2) is 0 Å².